The van der Waals surface area contributed by atoms with Crippen LogP contribution in [-0.4, -0.2) is 40.0 Å². The number of H-pyrrole nitrogens is 1. The molecule has 1 atom stereocenters. The monoisotopic (exact) mass is 270 g/mol. The SMILES string of the molecule is CCC1(C(=O)O)CCN(C(=O)c2cc(Cl)c[nH]2)C1. The van der Waals surface area contributed by atoms with Gasteiger partial charge < -0.3 is 15.0 Å². The number of carbonyl (C=O) groups is 2. The summed E-state index contributed by atoms with van der Waals surface area (Å²) < 4.78 is 0. The van der Waals surface area contributed by atoms with Crippen molar-refractivity contribution in [3.05, 3.63) is 23.0 Å². The maximum atomic E-state index is 12.1. The molecule has 0 aromatic carbocycles. The van der Waals surface area contributed by atoms with Crippen molar-refractivity contribution in [3.63, 3.8) is 0 Å². The Balaban J connectivity index is 2.13. The second-order valence-electron chi connectivity index (χ2n) is 4.65. The van der Waals surface area contributed by atoms with Crippen molar-refractivity contribution in [2.45, 2.75) is 19.8 Å². The summed E-state index contributed by atoms with van der Waals surface area (Å²) in [5, 5.41) is 9.74. The van der Waals surface area contributed by atoms with Gasteiger partial charge in [0.1, 0.15) is 5.69 Å². The number of nitrogens with zero attached hydrogens (tertiary/aromatic N) is 1. The van der Waals surface area contributed by atoms with Crippen LogP contribution in [0.25, 0.3) is 0 Å². The lowest BCUT2D eigenvalue weighted by Crippen LogP contribution is -2.36. The maximum Gasteiger partial charge on any atom is 0.311 e. The zero-order valence-electron chi connectivity index (χ0n) is 10.1. The largest absolute Gasteiger partial charge is 0.481 e. The minimum atomic E-state index is -0.829. The Kier molecular flexibility index (Phi) is 3.34. The predicted molar refractivity (Wildman–Crippen MR) is 66.7 cm³/mol. The van der Waals surface area contributed by atoms with Crippen molar-refractivity contribution in [2.24, 2.45) is 5.41 Å². The van der Waals surface area contributed by atoms with Crippen LogP contribution in [0.5, 0.6) is 0 Å². The fraction of sp³-hybridized carbons (Fsp3) is 0.500. The molecule has 0 aliphatic carbocycles. The Labute approximate surface area is 110 Å². The van der Waals surface area contributed by atoms with Gasteiger partial charge in [-0.15, -0.1) is 0 Å². The molecule has 1 aliphatic heterocycles. The van der Waals surface area contributed by atoms with Gasteiger partial charge in [0.25, 0.3) is 5.91 Å². The van der Waals surface area contributed by atoms with Gasteiger partial charge in [0.15, 0.2) is 0 Å². The molecular formula is C12H15ClN2O3. The minimum absolute atomic E-state index is 0.196. The van der Waals surface area contributed by atoms with Crippen LogP contribution in [0.4, 0.5) is 0 Å². The third kappa shape index (κ3) is 2.10. The van der Waals surface area contributed by atoms with Gasteiger partial charge in [0.05, 0.1) is 10.4 Å². The lowest BCUT2D eigenvalue weighted by atomic mass is 9.84. The van der Waals surface area contributed by atoms with E-state index >= 15 is 0 Å². The summed E-state index contributed by atoms with van der Waals surface area (Å²) in [6, 6.07) is 1.55. The summed E-state index contributed by atoms with van der Waals surface area (Å²) in [6.07, 6.45) is 2.56. The first-order valence-corrected chi connectivity index (χ1v) is 6.23. The van der Waals surface area contributed by atoms with Gasteiger partial charge in [-0.2, -0.15) is 0 Å². The Hall–Kier alpha value is -1.49. The highest BCUT2D eigenvalue weighted by Gasteiger charge is 2.44. The molecule has 1 fully saturated rings. The van der Waals surface area contributed by atoms with Crippen molar-refractivity contribution in [1.82, 2.24) is 9.88 Å². The summed E-state index contributed by atoms with van der Waals surface area (Å²) in [4.78, 5) is 27.8. The molecule has 1 aliphatic rings. The number of hydrogen-bond donors (Lipinski definition) is 2. The Morgan fingerprint density at radius 3 is 2.78 bits per heavy atom. The third-order valence-corrected chi connectivity index (χ3v) is 3.87. The van der Waals surface area contributed by atoms with Crippen LogP contribution in [0, 0.1) is 5.41 Å². The zero-order valence-corrected chi connectivity index (χ0v) is 10.8. The number of halogens is 1. The highest BCUT2D eigenvalue weighted by molar-refractivity contribution is 6.30. The second kappa shape index (κ2) is 4.65. The van der Waals surface area contributed by atoms with Gasteiger partial charge in [-0.3, -0.25) is 9.59 Å². The molecule has 2 rings (SSSR count). The molecule has 0 saturated carbocycles. The molecule has 0 bridgehead atoms. The molecule has 6 heteroatoms. The highest BCUT2D eigenvalue weighted by Crippen LogP contribution is 2.34. The maximum absolute atomic E-state index is 12.1. The smallest absolute Gasteiger partial charge is 0.311 e. The third-order valence-electron chi connectivity index (χ3n) is 3.65. The van der Waals surface area contributed by atoms with E-state index in [2.05, 4.69) is 4.98 Å². The van der Waals surface area contributed by atoms with E-state index in [0.717, 1.165) is 0 Å². The summed E-state index contributed by atoms with van der Waals surface area (Å²) in [6.45, 7) is 2.57. The molecule has 2 heterocycles. The van der Waals surface area contributed by atoms with Crippen molar-refractivity contribution >= 4 is 23.5 Å². The molecule has 1 saturated heterocycles. The number of rotatable bonds is 3. The van der Waals surface area contributed by atoms with E-state index in [1.807, 2.05) is 6.92 Å². The van der Waals surface area contributed by atoms with E-state index in [-0.39, 0.29) is 12.5 Å². The number of carboxylic acid groups (broad SMARTS) is 1. The molecule has 18 heavy (non-hydrogen) atoms. The number of carboxylic acids is 1. The van der Waals surface area contributed by atoms with Crippen molar-refractivity contribution in [1.29, 1.82) is 0 Å². The van der Waals surface area contributed by atoms with Crippen LogP contribution < -0.4 is 0 Å². The van der Waals surface area contributed by atoms with Crippen LogP contribution in [0.1, 0.15) is 30.3 Å². The molecule has 1 aromatic rings. The van der Waals surface area contributed by atoms with Gasteiger partial charge in [0.2, 0.25) is 0 Å². The van der Waals surface area contributed by atoms with E-state index in [9.17, 15) is 14.7 Å². The van der Waals surface area contributed by atoms with Crippen LogP contribution in [0.3, 0.4) is 0 Å². The van der Waals surface area contributed by atoms with Crippen LogP contribution in [0.2, 0.25) is 5.02 Å². The van der Waals surface area contributed by atoms with Crippen molar-refractivity contribution in [3.8, 4) is 0 Å². The summed E-state index contributed by atoms with van der Waals surface area (Å²) >= 11 is 5.75. The average Bonchev–Trinajstić information content (AvgIpc) is 2.95. The zero-order chi connectivity index (χ0) is 13.3. The van der Waals surface area contributed by atoms with Crippen LogP contribution >= 0.6 is 11.6 Å². The summed E-state index contributed by atoms with van der Waals surface area (Å²) in [5.74, 6) is -1.02. The Morgan fingerprint density at radius 2 is 2.33 bits per heavy atom. The van der Waals surface area contributed by atoms with Crippen LogP contribution in [0.15, 0.2) is 12.3 Å². The molecular weight excluding hydrogens is 256 g/mol. The fourth-order valence-electron chi connectivity index (χ4n) is 2.32. The summed E-state index contributed by atoms with van der Waals surface area (Å²) in [5.41, 5.74) is -0.399. The van der Waals surface area contributed by atoms with Crippen molar-refractivity contribution < 1.29 is 14.7 Å². The molecule has 0 radical (unpaired) electrons. The van der Waals surface area contributed by atoms with E-state index in [1.165, 1.54) is 6.20 Å². The van der Waals surface area contributed by atoms with Gasteiger partial charge in [-0.1, -0.05) is 18.5 Å². The number of carbonyl (C=O) groups excluding carboxylic acids is 1. The summed E-state index contributed by atoms with van der Waals surface area (Å²) in [7, 11) is 0. The lowest BCUT2D eigenvalue weighted by molar-refractivity contribution is -0.148. The predicted octanol–water partition coefficient (Wildman–Crippen LogP) is 1.99. The van der Waals surface area contributed by atoms with Gasteiger partial charge in [-0.05, 0) is 18.9 Å². The normalized spacial score (nSPS) is 23.3. The van der Waals surface area contributed by atoms with E-state index in [0.29, 0.717) is 30.1 Å². The first kappa shape index (κ1) is 13.0. The van der Waals surface area contributed by atoms with Gasteiger partial charge in [0, 0.05) is 19.3 Å². The molecule has 1 unspecified atom stereocenters. The molecule has 2 N–H and O–H groups in total. The molecule has 5 nitrogen and oxygen atoms in total. The fourth-order valence-corrected chi connectivity index (χ4v) is 2.49. The van der Waals surface area contributed by atoms with Gasteiger partial charge in [-0.25, -0.2) is 0 Å². The Bertz CT molecular complexity index is 485. The second-order valence-corrected chi connectivity index (χ2v) is 5.08. The van der Waals surface area contributed by atoms with E-state index in [4.69, 9.17) is 11.6 Å². The average molecular weight is 271 g/mol. The van der Waals surface area contributed by atoms with E-state index < -0.39 is 11.4 Å². The van der Waals surface area contributed by atoms with E-state index in [1.54, 1.807) is 11.0 Å². The topological polar surface area (TPSA) is 73.4 Å². The van der Waals surface area contributed by atoms with Gasteiger partial charge >= 0.3 is 5.97 Å². The number of likely N-dealkylation sites (tertiary alicyclic amines) is 1. The number of aromatic nitrogens is 1. The molecule has 1 aromatic heterocycles. The Morgan fingerprint density at radius 1 is 1.61 bits per heavy atom. The standard InChI is InChI=1S/C12H15ClN2O3/c1-2-12(11(17)18)3-4-15(7-12)10(16)9-5-8(13)6-14-9/h5-6,14H,2-4,7H2,1H3,(H,17,18). The highest BCUT2D eigenvalue weighted by atomic mass is 35.5. The van der Waals surface area contributed by atoms with Crippen molar-refractivity contribution in [2.75, 3.05) is 13.1 Å². The number of aromatic amines is 1. The van der Waals surface area contributed by atoms with Crippen LogP contribution in [-0.2, 0) is 4.79 Å². The lowest BCUT2D eigenvalue weighted by Gasteiger charge is -2.22. The number of amides is 1. The number of aliphatic carboxylic acids is 1. The first-order valence-electron chi connectivity index (χ1n) is 5.85. The molecule has 98 valence electrons. The minimum Gasteiger partial charge on any atom is -0.481 e. The first-order chi connectivity index (χ1) is 8.48. The number of hydrogen-bond acceptors (Lipinski definition) is 2. The molecule has 0 spiro atoms. The quantitative estimate of drug-likeness (QED) is 0.882. The molecule has 1 amide bonds. The number of nitrogens with one attached hydrogen (secondary N) is 1.